The van der Waals surface area contributed by atoms with Gasteiger partial charge in [0.2, 0.25) is 0 Å². The van der Waals surface area contributed by atoms with Gasteiger partial charge in [0.1, 0.15) is 18.1 Å². The molecule has 1 aromatic carbocycles. The third-order valence-corrected chi connectivity index (χ3v) is 4.01. The highest BCUT2D eigenvalue weighted by Gasteiger charge is 2.11. The van der Waals surface area contributed by atoms with E-state index in [1.807, 2.05) is 49.0 Å². The summed E-state index contributed by atoms with van der Waals surface area (Å²) in [6, 6.07) is 11.4. The first-order chi connectivity index (χ1) is 12.6. The van der Waals surface area contributed by atoms with Gasteiger partial charge >= 0.3 is 0 Å². The Kier molecular flexibility index (Phi) is 5.73. The summed E-state index contributed by atoms with van der Waals surface area (Å²) in [6.45, 7) is 5.64. The lowest BCUT2D eigenvalue weighted by Crippen LogP contribution is -2.24. The minimum Gasteiger partial charge on any atom is -0.485 e. The van der Waals surface area contributed by atoms with Crippen LogP contribution < -0.4 is 10.1 Å². The zero-order valence-corrected chi connectivity index (χ0v) is 15.1. The van der Waals surface area contributed by atoms with Gasteiger partial charge in [-0.15, -0.1) is 0 Å². The van der Waals surface area contributed by atoms with Crippen LogP contribution in [0.15, 0.2) is 53.2 Å². The topological polar surface area (TPSA) is 69.3 Å². The van der Waals surface area contributed by atoms with Crippen LogP contribution in [0.5, 0.6) is 5.75 Å². The molecule has 0 atom stereocenters. The van der Waals surface area contributed by atoms with E-state index in [1.165, 1.54) is 0 Å². The molecular formula is C20H23N3O3. The second-order valence-electron chi connectivity index (χ2n) is 6.20. The molecule has 0 aliphatic carbocycles. The summed E-state index contributed by atoms with van der Waals surface area (Å²) in [5.74, 6) is 1.52. The number of hydrogen-bond donors (Lipinski definition) is 1. The Labute approximate surface area is 152 Å². The van der Waals surface area contributed by atoms with Crippen molar-refractivity contribution >= 4 is 5.91 Å². The predicted molar refractivity (Wildman–Crippen MR) is 98.1 cm³/mol. The smallest absolute Gasteiger partial charge is 0.286 e. The van der Waals surface area contributed by atoms with Gasteiger partial charge < -0.3 is 14.5 Å². The lowest BCUT2D eigenvalue weighted by molar-refractivity contribution is 0.0920. The molecule has 0 radical (unpaired) electrons. The molecule has 0 saturated carbocycles. The number of carbonyl (C=O) groups excluding carboxylic acids is 1. The fourth-order valence-electron chi connectivity index (χ4n) is 2.55. The van der Waals surface area contributed by atoms with Gasteiger partial charge in [0.25, 0.3) is 5.91 Å². The molecule has 0 fully saturated rings. The molecule has 0 spiro atoms. The predicted octanol–water partition coefficient (Wildman–Crippen LogP) is 3.49. The van der Waals surface area contributed by atoms with Crippen LogP contribution >= 0.6 is 0 Å². The monoisotopic (exact) mass is 353 g/mol. The molecule has 3 rings (SSSR count). The minimum absolute atomic E-state index is 0.219. The summed E-state index contributed by atoms with van der Waals surface area (Å²) < 4.78 is 13.2. The Morgan fingerprint density at radius 1 is 1.27 bits per heavy atom. The summed E-state index contributed by atoms with van der Waals surface area (Å²) in [5.41, 5.74) is 2.21. The second kappa shape index (κ2) is 8.38. The fourth-order valence-corrected chi connectivity index (χ4v) is 2.55. The molecule has 2 heterocycles. The molecule has 0 saturated heterocycles. The van der Waals surface area contributed by atoms with Crippen molar-refractivity contribution in [1.82, 2.24) is 15.1 Å². The molecule has 1 N–H and O–H groups in total. The summed E-state index contributed by atoms with van der Waals surface area (Å²) in [6.07, 6.45) is 4.44. The van der Waals surface area contributed by atoms with E-state index in [9.17, 15) is 4.79 Å². The Bertz CT molecular complexity index is 853. The van der Waals surface area contributed by atoms with Crippen molar-refractivity contribution in [3.8, 4) is 5.75 Å². The molecular weight excluding hydrogens is 330 g/mol. The van der Waals surface area contributed by atoms with E-state index < -0.39 is 0 Å². The zero-order chi connectivity index (χ0) is 18.4. The van der Waals surface area contributed by atoms with E-state index >= 15 is 0 Å². The summed E-state index contributed by atoms with van der Waals surface area (Å²) in [7, 11) is 0. The van der Waals surface area contributed by atoms with Crippen molar-refractivity contribution in [1.29, 1.82) is 0 Å². The Balaban J connectivity index is 1.46. The first-order valence-electron chi connectivity index (χ1n) is 8.66. The molecule has 0 unspecified atom stereocenters. The van der Waals surface area contributed by atoms with Crippen LogP contribution in [0.1, 0.15) is 33.9 Å². The largest absolute Gasteiger partial charge is 0.485 e. The van der Waals surface area contributed by atoms with Crippen LogP contribution in [-0.2, 0) is 13.2 Å². The molecule has 1 amide bonds. The van der Waals surface area contributed by atoms with Crippen LogP contribution in [0, 0.1) is 13.8 Å². The van der Waals surface area contributed by atoms with E-state index in [0.29, 0.717) is 18.1 Å². The maximum atomic E-state index is 12.1. The standard InChI is InChI=1S/C20H23N3O3/c1-15-5-6-16(2)19(13-15)25-14-17-7-8-18(26-17)20(24)21-9-3-11-23-12-4-10-22-23/h4-8,10,12-13H,3,9,11,14H2,1-2H3,(H,21,24). The summed E-state index contributed by atoms with van der Waals surface area (Å²) in [5, 5.41) is 6.97. The third kappa shape index (κ3) is 4.75. The maximum absolute atomic E-state index is 12.1. The van der Waals surface area contributed by atoms with Crippen LogP contribution in [0.3, 0.4) is 0 Å². The number of carbonyl (C=O) groups is 1. The number of amides is 1. The van der Waals surface area contributed by atoms with Crippen molar-refractivity contribution in [3.05, 3.63) is 71.4 Å². The third-order valence-electron chi connectivity index (χ3n) is 4.01. The molecule has 26 heavy (non-hydrogen) atoms. The Morgan fingerprint density at radius 2 is 2.15 bits per heavy atom. The zero-order valence-electron chi connectivity index (χ0n) is 15.1. The molecule has 0 bridgehead atoms. The number of ether oxygens (including phenoxy) is 1. The molecule has 0 aliphatic heterocycles. The SMILES string of the molecule is Cc1ccc(C)c(OCc2ccc(C(=O)NCCCn3cccn3)o2)c1. The van der Waals surface area contributed by atoms with E-state index in [2.05, 4.69) is 10.4 Å². The van der Waals surface area contributed by atoms with Crippen molar-refractivity contribution in [2.24, 2.45) is 0 Å². The first kappa shape index (κ1) is 17.8. The van der Waals surface area contributed by atoms with E-state index in [-0.39, 0.29) is 12.5 Å². The van der Waals surface area contributed by atoms with Gasteiger partial charge in [0, 0.05) is 25.5 Å². The molecule has 3 aromatic rings. The highest BCUT2D eigenvalue weighted by atomic mass is 16.5. The molecule has 6 nitrogen and oxygen atoms in total. The second-order valence-corrected chi connectivity index (χ2v) is 6.20. The van der Waals surface area contributed by atoms with Crippen molar-refractivity contribution in [2.75, 3.05) is 6.54 Å². The number of benzene rings is 1. The van der Waals surface area contributed by atoms with E-state index in [4.69, 9.17) is 9.15 Å². The first-order valence-corrected chi connectivity index (χ1v) is 8.66. The highest BCUT2D eigenvalue weighted by Crippen LogP contribution is 2.21. The molecule has 6 heteroatoms. The number of nitrogens with zero attached hydrogens (tertiary/aromatic N) is 2. The normalized spacial score (nSPS) is 10.7. The highest BCUT2D eigenvalue weighted by molar-refractivity contribution is 5.91. The summed E-state index contributed by atoms with van der Waals surface area (Å²) >= 11 is 0. The number of furan rings is 1. The Morgan fingerprint density at radius 3 is 2.96 bits per heavy atom. The fraction of sp³-hybridized carbons (Fsp3) is 0.300. The lowest BCUT2D eigenvalue weighted by Gasteiger charge is -2.08. The number of hydrogen-bond acceptors (Lipinski definition) is 4. The van der Waals surface area contributed by atoms with Crippen LogP contribution in [-0.4, -0.2) is 22.2 Å². The van der Waals surface area contributed by atoms with Gasteiger partial charge in [0.15, 0.2) is 5.76 Å². The molecule has 136 valence electrons. The Hall–Kier alpha value is -3.02. The van der Waals surface area contributed by atoms with E-state index in [1.54, 1.807) is 18.3 Å². The lowest BCUT2D eigenvalue weighted by atomic mass is 10.1. The van der Waals surface area contributed by atoms with Crippen molar-refractivity contribution in [2.45, 2.75) is 33.4 Å². The van der Waals surface area contributed by atoms with Crippen LogP contribution in [0.4, 0.5) is 0 Å². The van der Waals surface area contributed by atoms with E-state index in [0.717, 1.165) is 29.8 Å². The minimum atomic E-state index is -0.219. The number of aryl methyl sites for hydroxylation is 3. The average molecular weight is 353 g/mol. The summed E-state index contributed by atoms with van der Waals surface area (Å²) in [4.78, 5) is 12.1. The number of rotatable bonds is 8. The van der Waals surface area contributed by atoms with Crippen LogP contribution in [0.25, 0.3) is 0 Å². The van der Waals surface area contributed by atoms with Crippen LogP contribution in [0.2, 0.25) is 0 Å². The van der Waals surface area contributed by atoms with Crippen molar-refractivity contribution in [3.63, 3.8) is 0 Å². The van der Waals surface area contributed by atoms with Gasteiger partial charge in [-0.05, 0) is 55.7 Å². The molecule has 2 aromatic heterocycles. The number of nitrogens with one attached hydrogen (secondary N) is 1. The van der Waals surface area contributed by atoms with Gasteiger partial charge in [-0.3, -0.25) is 9.48 Å². The van der Waals surface area contributed by atoms with Gasteiger partial charge in [0.05, 0.1) is 0 Å². The molecule has 0 aliphatic rings. The van der Waals surface area contributed by atoms with Gasteiger partial charge in [-0.2, -0.15) is 5.10 Å². The quantitative estimate of drug-likeness (QED) is 0.629. The van der Waals surface area contributed by atoms with Crippen molar-refractivity contribution < 1.29 is 13.9 Å². The average Bonchev–Trinajstić information content (AvgIpc) is 3.31. The van der Waals surface area contributed by atoms with Gasteiger partial charge in [-0.1, -0.05) is 12.1 Å². The maximum Gasteiger partial charge on any atom is 0.286 e. The number of aromatic nitrogens is 2. The van der Waals surface area contributed by atoms with Gasteiger partial charge in [-0.25, -0.2) is 0 Å².